The molecule has 0 aliphatic carbocycles. The molecule has 2 rings (SSSR count). The van der Waals surface area contributed by atoms with Gasteiger partial charge in [-0.25, -0.2) is 8.78 Å². The highest BCUT2D eigenvalue weighted by Crippen LogP contribution is 2.39. The number of hydrogen-bond donors (Lipinski definition) is 2. The zero-order chi connectivity index (χ0) is 14.8. The number of aliphatic hydroxyl groups excluding tert-OH is 1. The Morgan fingerprint density at radius 3 is 2.43 bits per heavy atom. The molecule has 6 heteroatoms. The average molecular weight is 321 g/mol. The van der Waals surface area contributed by atoms with Gasteiger partial charge in [-0.3, -0.25) is 4.90 Å². The normalized spacial score (nSPS) is 18.1. The van der Waals surface area contributed by atoms with E-state index in [0.717, 1.165) is 32.2 Å². The number of rotatable bonds is 4. The summed E-state index contributed by atoms with van der Waals surface area (Å²) >= 11 is 0. The lowest BCUT2D eigenvalue weighted by molar-refractivity contribution is 0.0286. The van der Waals surface area contributed by atoms with E-state index in [1.54, 1.807) is 0 Å². The second kappa shape index (κ2) is 7.49. The minimum absolute atomic E-state index is 0. The van der Waals surface area contributed by atoms with Gasteiger partial charge in [0.2, 0.25) is 0 Å². The second-order valence-electron chi connectivity index (χ2n) is 6.00. The summed E-state index contributed by atoms with van der Waals surface area (Å²) in [4.78, 5) is 2.16. The molecule has 120 valence electrons. The van der Waals surface area contributed by atoms with Crippen LogP contribution in [0.5, 0.6) is 0 Å². The van der Waals surface area contributed by atoms with Crippen molar-refractivity contribution in [1.29, 1.82) is 0 Å². The fourth-order valence-electron chi connectivity index (χ4n) is 2.86. The molecule has 0 bridgehead atoms. The summed E-state index contributed by atoms with van der Waals surface area (Å²) in [5, 5.41) is 12.9. The monoisotopic (exact) mass is 320 g/mol. The van der Waals surface area contributed by atoms with Crippen molar-refractivity contribution in [1.82, 2.24) is 10.2 Å². The van der Waals surface area contributed by atoms with Crippen LogP contribution in [-0.4, -0.2) is 42.8 Å². The van der Waals surface area contributed by atoms with E-state index in [9.17, 15) is 13.9 Å². The van der Waals surface area contributed by atoms with E-state index in [0.29, 0.717) is 5.56 Å². The van der Waals surface area contributed by atoms with Gasteiger partial charge in [0, 0.05) is 55.9 Å². The van der Waals surface area contributed by atoms with E-state index in [1.165, 1.54) is 12.1 Å². The van der Waals surface area contributed by atoms with Crippen LogP contribution in [0.3, 0.4) is 0 Å². The third-order valence-electron chi connectivity index (χ3n) is 3.92. The molecule has 0 amide bonds. The fourth-order valence-corrected chi connectivity index (χ4v) is 2.86. The van der Waals surface area contributed by atoms with Gasteiger partial charge >= 0.3 is 0 Å². The summed E-state index contributed by atoms with van der Waals surface area (Å²) in [7, 11) is 0. The van der Waals surface area contributed by atoms with Crippen molar-refractivity contribution < 1.29 is 13.9 Å². The van der Waals surface area contributed by atoms with Crippen molar-refractivity contribution >= 4 is 12.4 Å². The maximum absolute atomic E-state index is 14.2. The van der Waals surface area contributed by atoms with Crippen LogP contribution >= 0.6 is 12.4 Å². The summed E-state index contributed by atoms with van der Waals surface area (Å²) in [6.07, 6.45) is 0. The van der Waals surface area contributed by atoms with Crippen LogP contribution < -0.4 is 5.32 Å². The van der Waals surface area contributed by atoms with Crippen molar-refractivity contribution in [2.24, 2.45) is 5.41 Å². The zero-order valence-electron chi connectivity index (χ0n) is 12.4. The van der Waals surface area contributed by atoms with E-state index >= 15 is 0 Å². The van der Waals surface area contributed by atoms with E-state index in [4.69, 9.17) is 0 Å². The lowest BCUT2D eigenvalue weighted by Gasteiger charge is -2.43. The largest absolute Gasteiger partial charge is 0.396 e. The lowest BCUT2D eigenvalue weighted by Crippen LogP contribution is -2.49. The number of hydrogen-bond acceptors (Lipinski definition) is 3. The minimum Gasteiger partial charge on any atom is -0.396 e. The first kappa shape index (κ1) is 18.3. The number of aliphatic hydroxyl groups is 1. The van der Waals surface area contributed by atoms with E-state index in [1.807, 2.05) is 13.8 Å². The molecular formula is C15H23ClF2N2O. The maximum Gasteiger partial charge on any atom is 0.130 e. The van der Waals surface area contributed by atoms with E-state index < -0.39 is 17.0 Å². The Morgan fingerprint density at radius 2 is 1.90 bits per heavy atom. The topological polar surface area (TPSA) is 35.5 Å². The Balaban J connectivity index is 0.00000220. The summed E-state index contributed by atoms with van der Waals surface area (Å²) in [6, 6.07) is 3.42. The van der Waals surface area contributed by atoms with Crippen molar-refractivity contribution in [3.8, 4) is 0 Å². The van der Waals surface area contributed by atoms with Gasteiger partial charge in [0.1, 0.15) is 11.6 Å². The van der Waals surface area contributed by atoms with Crippen LogP contribution in [0.15, 0.2) is 18.2 Å². The molecule has 1 aliphatic heterocycles. The van der Waals surface area contributed by atoms with Gasteiger partial charge in [0.25, 0.3) is 0 Å². The van der Waals surface area contributed by atoms with Gasteiger partial charge in [-0.2, -0.15) is 0 Å². The number of nitrogens with zero attached hydrogens (tertiary/aromatic N) is 1. The van der Waals surface area contributed by atoms with E-state index in [2.05, 4.69) is 10.2 Å². The predicted octanol–water partition coefficient (Wildman–Crippen LogP) is 2.35. The van der Waals surface area contributed by atoms with Crippen molar-refractivity contribution in [2.45, 2.75) is 19.9 Å². The first-order valence-electron chi connectivity index (χ1n) is 6.96. The molecule has 1 fully saturated rings. The molecule has 1 atom stereocenters. The van der Waals surface area contributed by atoms with Gasteiger partial charge in [0.05, 0.1) is 0 Å². The molecule has 2 N–H and O–H groups in total. The van der Waals surface area contributed by atoms with Crippen molar-refractivity contribution in [3.63, 3.8) is 0 Å². The molecule has 0 unspecified atom stereocenters. The van der Waals surface area contributed by atoms with Crippen LogP contribution in [0, 0.1) is 17.0 Å². The highest BCUT2D eigenvalue weighted by atomic mass is 35.5. The molecule has 1 aliphatic rings. The third-order valence-corrected chi connectivity index (χ3v) is 3.92. The zero-order valence-corrected chi connectivity index (χ0v) is 13.2. The van der Waals surface area contributed by atoms with Gasteiger partial charge < -0.3 is 10.4 Å². The molecule has 0 radical (unpaired) electrons. The molecule has 21 heavy (non-hydrogen) atoms. The first-order valence-corrected chi connectivity index (χ1v) is 6.96. The summed E-state index contributed by atoms with van der Waals surface area (Å²) in [6.45, 7) is 6.99. The molecular weight excluding hydrogens is 298 g/mol. The quantitative estimate of drug-likeness (QED) is 0.894. The Kier molecular flexibility index (Phi) is 6.53. The second-order valence-corrected chi connectivity index (χ2v) is 6.00. The Labute approximate surface area is 130 Å². The SMILES string of the molecule is CC(C)(CO)[C@@H](c1ccc(F)cc1F)N1CCNCC1.Cl. The lowest BCUT2D eigenvalue weighted by atomic mass is 9.79. The molecule has 0 aromatic heterocycles. The minimum atomic E-state index is -0.577. The molecule has 1 aromatic rings. The molecule has 0 spiro atoms. The van der Waals surface area contributed by atoms with E-state index in [-0.39, 0.29) is 25.1 Å². The van der Waals surface area contributed by atoms with Gasteiger partial charge in [-0.15, -0.1) is 12.4 Å². The number of benzene rings is 1. The highest BCUT2D eigenvalue weighted by molar-refractivity contribution is 5.85. The van der Waals surface area contributed by atoms with Crippen LogP contribution in [-0.2, 0) is 0 Å². The summed E-state index contributed by atoms with van der Waals surface area (Å²) in [5.74, 6) is -1.12. The molecule has 1 heterocycles. The van der Waals surface area contributed by atoms with Crippen LogP contribution in [0.25, 0.3) is 0 Å². The Bertz CT molecular complexity index is 465. The smallest absolute Gasteiger partial charge is 0.130 e. The fraction of sp³-hybridized carbons (Fsp3) is 0.600. The van der Waals surface area contributed by atoms with Crippen molar-refractivity contribution in [2.75, 3.05) is 32.8 Å². The molecule has 1 saturated heterocycles. The Morgan fingerprint density at radius 1 is 1.29 bits per heavy atom. The average Bonchev–Trinajstić information content (AvgIpc) is 2.43. The van der Waals surface area contributed by atoms with Crippen molar-refractivity contribution in [3.05, 3.63) is 35.4 Å². The molecule has 3 nitrogen and oxygen atoms in total. The predicted molar refractivity (Wildman–Crippen MR) is 81.7 cm³/mol. The molecule has 1 aromatic carbocycles. The van der Waals surface area contributed by atoms with Gasteiger partial charge in [-0.05, 0) is 6.07 Å². The van der Waals surface area contributed by atoms with Gasteiger partial charge in [0.15, 0.2) is 0 Å². The summed E-state index contributed by atoms with van der Waals surface area (Å²) in [5.41, 5.74) is -0.0527. The Hall–Kier alpha value is -0.750. The van der Waals surface area contributed by atoms with Crippen LogP contribution in [0.4, 0.5) is 8.78 Å². The first-order chi connectivity index (χ1) is 9.45. The number of halogens is 3. The van der Waals surface area contributed by atoms with Gasteiger partial charge in [-0.1, -0.05) is 19.9 Å². The highest BCUT2D eigenvalue weighted by Gasteiger charge is 2.37. The maximum atomic E-state index is 14.2. The van der Waals surface area contributed by atoms with Crippen LogP contribution in [0.2, 0.25) is 0 Å². The number of piperazine rings is 1. The molecule has 0 saturated carbocycles. The number of nitrogens with one attached hydrogen (secondary N) is 1. The standard InChI is InChI=1S/C15H22F2N2O.ClH/c1-15(2,10-20)14(19-7-5-18-6-8-19)12-4-3-11(16)9-13(12)17;/h3-4,9,14,18,20H,5-8,10H2,1-2H3;1H/t14-;/m1./s1. The summed E-state index contributed by atoms with van der Waals surface area (Å²) < 4.78 is 27.3. The third kappa shape index (κ3) is 4.13. The van der Waals surface area contributed by atoms with Crippen LogP contribution in [0.1, 0.15) is 25.5 Å².